The first-order valence-electron chi connectivity index (χ1n) is 7.85. The zero-order valence-electron chi connectivity index (χ0n) is 13.5. The Labute approximate surface area is 132 Å². The molecular formula is C20H23NO. The van der Waals surface area contributed by atoms with Crippen LogP contribution in [0.15, 0.2) is 60.7 Å². The minimum Gasteiger partial charge on any atom is -0.328 e. The van der Waals surface area contributed by atoms with Crippen LogP contribution >= 0.6 is 0 Å². The van der Waals surface area contributed by atoms with E-state index in [1.165, 1.54) is 5.56 Å². The summed E-state index contributed by atoms with van der Waals surface area (Å²) in [4.78, 5) is 14.8. The van der Waals surface area contributed by atoms with E-state index in [9.17, 15) is 4.79 Å². The number of hydrogen-bond acceptors (Lipinski definition) is 1. The lowest BCUT2D eigenvalue weighted by atomic mass is 9.76. The van der Waals surface area contributed by atoms with Crippen molar-refractivity contribution in [2.24, 2.45) is 5.41 Å². The van der Waals surface area contributed by atoms with Gasteiger partial charge in [-0.25, -0.2) is 0 Å². The predicted molar refractivity (Wildman–Crippen MR) is 89.8 cm³/mol. The Morgan fingerprint density at radius 2 is 1.55 bits per heavy atom. The van der Waals surface area contributed by atoms with Gasteiger partial charge in [0.15, 0.2) is 0 Å². The van der Waals surface area contributed by atoms with E-state index in [0.29, 0.717) is 0 Å². The van der Waals surface area contributed by atoms with Crippen molar-refractivity contribution in [1.29, 1.82) is 0 Å². The summed E-state index contributed by atoms with van der Waals surface area (Å²) in [6, 6.07) is 20.1. The topological polar surface area (TPSA) is 20.1 Å². The van der Waals surface area contributed by atoms with Crippen molar-refractivity contribution < 1.29 is 4.79 Å². The second-order valence-corrected chi connectivity index (χ2v) is 7.20. The van der Waals surface area contributed by atoms with Crippen LogP contribution in [0, 0.1) is 5.41 Å². The van der Waals surface area contributed by atoms with Crippen molar-refractivity contribution in [2.75, 3.05) is 6.54 Å². The van der Waals surface area contributed by atoms with Gasteiger partial charge >= 0.3 is 0 Å². The molecule has 2 heteroatoms. The van der Waals surface area contributed by atoms with Crippen molar-refractivity contribution in [3.05, 3.63) is 71.8 Å². The van der Waals surface area contributed by atoms with E-state index >= 15 is 0 Å². The standard InChI is InChI=1S/C20H23NO/c1-19(2,3)20(14-16-10-6-4-7-11-16)15-21(20)18(22)17-12-8-5-9-13-17/h4-13H,14-15H2,1-3H3. The molecule has 0 spiro atoms. The number of hydrogen-bond donors (Lipinski definition) is 0. The van der Waals surface area contributed by atoms with Crippen LogP contribution < -0.4 is 0 Å². The first kappa shape index (κ1) is 14.8. The Bertz CT molecular complexity index is 657. The number of amides is 1. The summed E-state index contributed by atoms with van der Waals surface area (Å²) in [5.74, 6) is 0.145. The highest BCUT2D eigenvalue weighted by Crippen LogP contribution is 2.50. The van der Waals surface area contributed by atoms with Crippen LogP contribution in [0.5, 0.6) is 0 Å². The minimum atomic E-state index is -0.0821. The first-order chi connectivity index (χ1) is 10.4. The lowest BCUT2D eigenvalue weighted by Crippen LogP contribution is -2.38. The molecule has 1 atom stereocenters. The third-order valence-electron chi connectivity index (χ3n) is 4.83. The van der Waals surface area contributed by atoms with Crippen LogP contribution in [0.25, 0.3) is 0 Å². The van der Waals surface area contributed by atoms with E-state index in [2.05, 4.69) is 45.0 Å². The van der Waals surface area contributed by atoms with Crippen LogP contribution in [0.4, 0.5) is 0 Å². The zero-order valence-corrected chi connectivity index (χ0v) is 13.5. The molecule has 1 aliphatic rings. The zero-order chi connectivity index (χ0) is 15.8. The smallest absolute Gasteiger partial charge is 0.254 e. The highest BCUT2D eigenvalue weighted by atomic mass is 16.2. The van der Waals surface area contributed by atoms with Crippen molar-refractivity contribution in [3.63, 3.8) is 0 Å². The molecule has 1 amide bonds. The van der Waals surface area contributed by atoms with Crippen LogP contribution in [0.2, 0.25) is 0 Å². The number of nitrogens with zero attached hydrogens (tertiary/aromatic N) is 1. The summed E-state index contributed by atoms with van der Waals surface area (Å²) in [6.07, 6.45) is 0.913. The molecule has 22 heavy (non-hydrogen) atoms. The lowest BCUT2D eigenvalue weighted by Gasteiger charge is -2.31. The Balaban J connectivity index is 1.87. The quantitative estimate of drug-likeness (QED) is 0.778. The lowest BCUT2D eigenvalue weighted by molar-refractivity contribution is 0.0805. The van der Waals surface area contributed by atoms with Gasteiger partial charge in [0, 0.05) is 12.1 Å². The van der Waals surface area contributed by atoms with Gasteiger partial charge < -0.3 is 4.90 Å². The molecule has 0 aromatic heterocycles. The molecule has 1 unspecified atom stereocenters. The van der Waals surface area contributed by atoms with E-state index in [4.69, 9.17) is 0 Å². The molecule has 3 rings (SSSR count). The molecule has 1 heterocycles. The Morgan fingerprint density at radius 1 is 1.00 bits per heavy atom. The average molecular weight is 293 g/mol. The molecule has 0 aliphatic carbocycles. The van der Waals surface area contributed by atoms with Crippen LogP contribution in [0.1, 0.15) is 36.7 Å². The molecule has 1 aliphatic heterocycles. The minimum absolute atomic E-state index is 0.0489. The Morgan fingerprint density at radius 3 is 2.09 bits per heavy atom. The average Bonchev–Trinajstić information content (AvgIpc) is 3.24. The third kappa shape index (κ3) is 2.54. The first-order valence-corrected chi connectivity index (χ1v) is 7.85. The molecule has 0 bridgehead atoms. The Kier molecular flexibility index (Phi) is 3.56. The highest BCUT2D eigenvalue weighted by molar-refractivity contribution is 5.96. The van der Waals surface area contributed by atoms with Crippen molar-refractivity contribution in [1.82, 2.24) is 4.90 Å². The van der Waals surface area contributed by atoms with Gasteiger partial charge in [0.2, 0.25) is 0 Å². The molecule has 1 saturated heterocycles. The molecule has 2 nitrogen and oxygen atoms in total. The molecule has 0 N–H and O–H groups in total. The fraction of sp³-hybridized carbons (Fsp3) is 0.350. The fourth-order valence-corrected chi connectivity index (χ4v) is 3.22. The van der Waals surface area contributed by atoms with Crippen molar-refractivity contribution in [2.45, 2.75) is 32.7 Å². The maximum atomic E-state index is 12.8. The van der Waals surface area contributed by atoms with Gasteiger partial charge in [-0.2, -0.15) is 0 Å². The molecule has 0 radical (unpaired) electrons. The summed E-state index contributed by atoms with van der Waals surface area (Å²) >= 11 is 0. The van der Waals surface area contributed by atoms with E-state index in [1.807, 2.05) is 41.3 Å². The third-order valence-corrected chi connectivity index (χ3v) is 4.83. The summed E-state index contributed by atoms with van der Waals surface area (Å²) in [7, 11) is 0. The van der Waals surface area contributed by atoms with E-state index in [-0.39, 0.29) is 16.9 Å². The van der Waals surface area contributed by atoms with Crippen molar-refractivity contribution >= 4 is 5.91 Å². The van der Waals surface area contributed by atoms with Gasteiger partial charge in [0.1, 0.15) is 0 Å². The number of rotatable bonds is 3. The largest absolute Gasteiger partial charge is 0.328 e. The highest BCUT2D eigenvalue weighted by Gasteiger charge is 2.61. The van der Waals surface area contributed by atoms with Gasteiger partial charge in [-0.15, -0.1) is 0 Å². The van der Waals surface area contributed by atoms with E-state index < -0.39 is 0 Å². The number of carbonyl (C=O) groups is 1. The molecule has 0 saturated carbocycles. The summed E-state index contributed by atoms with van der Waals surface area (Å²) < 4.78 is 0. The summed E-state index contributed by atoms with van der Waals surface area (Å²) in [5.41, 5.74) is 2.04. The summed E-state index contributed by atoms with van der Waals surface area (Å²) in [5, 5.41) is 0. The molecule has 114 valence electrons. The van der Waals surface area contributed by atoms with Gasteiger partial charge in [-0.3, -0.25) is 4.79 Å². The molecule has 2 aromatic carbocycles. The molecule has 1 fully saturated rings. The normalized spacial score (nSPS) is 20.8. The van der Waals surface area contributed by atoms with Gasteiger partial charge in [0.25, 0.3) is 5.91 Å². The van der Waals surface area contributed by atoms with E-state index in [1.54, 1.807) is 0 Å². The van der Waals surface area contributed by atoms with Crippen LogP contribution in [0.3, 0.4) is 0 Å². The fourth-order valence-electron chi connectivity index (χ4n) is 3.22. The van der Waals surface area contributed by atoms with Gasteiger partial charge in [0.05, 0.1) is 5.54 Å². The summed E-state index contributed by atoms with van der Waals surface area (Å²) in [6.45, 7) is 7.52. The maximum Gasteiger partial charge on any atom is 0.254 e. The number of benzene rings is 2. The van der Waals surface area contributed by atoms with Crippen LogP contribution in [-0.4, -0.2) is 22.9 Å². The number of carbonyl (C=O) groups excluding carboxylic acids is 1. The monoisotopic (exact) mass is 293 g/mol. The van der Waals surface area contributed by atoms with Gasteiger partial charge in [-0.05, 0) is 29.5 Å². The van der Waals surface area contributed by atoms with E-state index in [0.717, 1.165) is 18.5 Å². The second kappa shape index (κ2) is 5.28. The van der Waals surface area contributed by atoms with Crippen molar-refractivity contribution in [3.8, 4) is 0 Å². The second-order valence-electron chi connectivity index (χ2n) is 7.20. The SMILES string of the molecule is CC(C)(C)C1(Cc2ccccc2)CN1C(=O)c1ccccc1. The maximum absolute atomic E-state index is 12.8. The Hall–Kier alpha value is -2.09. The molecule has 2 aromatic rings. The van der Waals surface area contributed by atoms with Gasteiger partial charge in [-0.1, -0.05) is 69.3 Å². The predicted octanol–water partition coefficient (Wildman–Crippen LogP) is 4.17. The van der Waals surface area contributed by atoms with Crippen LogP contribution in [-0.2, 0) is 6.42 Å². The molecular weight excluding hydrogens is 270 g/mol.